The van der Waals surface area contributed by atoms with Gasteiger partial charge in [-0.1, -0.05) is 18.1 Å². The molecule has 0 aliphatic heterocycles. The maximum Gasteiger partial charge on any atom is 0.167 e. The number of benzene rings is 1. The van der Waals surface area contributed by atoms with E-state index in [0.29, 0.717) is 0 Å². The van der Waals surface area contributed by atoms with Crippen LogP contribution in [0.3, 0.4) is 0 Å². The van der Waals surface area contributed by atoms with Gasteiger partial charge < -0.3 is 5.73 Å². The van der Waals surface area contributed by atoms with Gasteiger partial charge in [-0.25, -0.2) is 4.98 Å². The highest BCUT2D eigenvalue weighted by Crippen LogP contribution is 2.22. The second kappa shape index (κ2) is 4.16. The summed E-state index contributed by atoms with van der Waals surface area (Å²) in [6.07, 6.45) is 0. The molecule has 1 aromatic heterocycles. The third kappa shape index (κ3) is 2.17. The number of anilines is 1. The highest BCUT2D eigenvalue weighted by molar-refractivity contribution is 7.10. The van der Waals surface area contributed by atoms with Gasteiger partial charge in [-0.2, -0.15) is 0 Å². The third-order valence-electron chi connectivity index (χ3n) is 1.94. The lowest BCUT2D eigenvalue weighted by Gasteiger charge is -1.96. The molecule has 0 fully saturated rings. The standard InChI is InChI=1S/C12H10N2S/c1-2-3-12-14-11(8-15-12)9-4-6-10(13)7-5-9/h4-8H,13H2,1H3. The fraction of sp³-hybridized carbons (Fsp3) is 0.0833. The lowest BCUT2D eigenvalue weighted by molar-refractivity contribution is 1.38. The largest absolute Gasteiger partial charge is 0.399 e. The molecular weight excluding hydrogens is 204 g/mol. The van der Waals surface area contributed by atoms with Crippen molar-refractivity contribution in [3.05, 3.63) is 34.7 Å². The summed E-state index contributed by atoms with van der Waals surface area (Å²) >= 11 is 1.56. The number of nitrogen functional groups attached to an aromatic ring is 1. The van der Waals surface area contributed by atoms with Crippen LogP contribution in [0, 0.1) is 11.8 Å². The Bertz CT molecular complexity index is 515. The molecule has 0 aliphatic rings. The number of nitrogens with two attached hydrogens (primary N) is 1. The molecule has 0 aliphatic carbocycles. The zero-order chi connectivity index (χ0) is 10.7. The van der Waals surface area contributed by atoms with Gasteiger partial charge in [0.05, 0.1) is 5.69 Å². The molecule has 0 saturated carbocycles. The molecule has 74 valence electrons. The van der Waals surface area contributed by atoms with Gasteiger partial charge in [0, 0.05) is 16.6 Å². The summed E-state index contributed by atoms with van der Waals surface area (Å²) in [5, 5.41) is 2.86. The van der Waals surface area contributed by atoms with Gasteiger partial charge in [0.15, 0.2) is 5.01 Å². The van der Waals surface area contributed by atoms with E-state index in [1.165, 1.54) is 0 Å². The number of aromatic nitrogens is 1. The maximum atomic E-state index is 5.62. The molecule has 0 radical (unpaired) electrons. The van der Waals surface area contributed by atoms with Crippen LogP contribution in [0.1, 0.15) is 11.9 Å². The molecule has 2 rings (SSSR count). The van der Waals surface area contributed by atoms with E-state index < -0.39 is 0 Å². The molecule has 0 atom stereocenters. The van der Waals surface area contributed by atoms with Gasteiger partial charge in [-0.05, 0) is 25.0 Å². The number of thiazole rings is 1. The quantitative estimate of drug-likeness (QED) is 0.585. The van der Waals surface area contributed by atoms with Crippen molar-refractivity contribution in [2.45, 2.75) is 6.92 Å². The molecule has 1 heterocycles. The van der Waals surface area contributed by atoms with Crippen LogP contribution in [0.15, 0.2) is 29.6 Å². The molecule has 2 aromatic rings. The van der Waals surface area contributed by atoms with Crippen molar-refractivity contribution in [3.8, 4) is 23.1 Å². The highest BCUT2D eigenvalue weighted by atomic mass is 32.1. The summed E-state index contributed by atoms with van der Waals surface area (Å²) in [6, 6.07) is 7.68. The predicted molar refractivity (Wildman–Crippen MR) is 64.5 cm³/mol. The van der Waals surface area contributed by atoms with Gasteiger partial charge in [0.2, 0.25) is 0 Å². The fourth-order valence-corrected chi connectivity index (χ4v) is 1.95. The second-order valence-electron chi connectivity index (χ2n) is 3.03. The third-order valence-corrected chi connectivity index (χ3v) is 2.70. The second-order valence-corrected chi connectivity index (χ2v) is 3.89. The summed E-state index contributed by atoms with van der Waals surface area (Å²) < 4.78 is 0. The summed E-state index contributed by atoms with van der Waals surface area (Å²) in [4.78, 5) is 4.40. The van der Waals surface area contributed by atoms with E-state index >= 15 is 0 Å². The maximum absolute atomic E-state index is 5.62. The number of hydrogen-bond donors (Lipinski definition) is 1. The molecule has 15 heavy (non-hydrogen) atoms. The molecule has 2 nitrogen and oxygen atoms in total. The zero-order valence-electron chi connectivity index (χ0n) is 8.32. The Labute approximate surface area is 92.8 Å². The van der Waals surface area contributed by atoms with E-state index in [2.05, 4.69) is 16.8 Å². The normalized spacial score (nSPS) is 9.40. The molecule has 0 spiro atoms. The van der Waals surface area contributed by atoms with Crippen molar-refractivity contribution in [2.75, 3.05) is 5.73 Å². The Morgan fingerprint density at radius 1 is 1.27 bits per heavy atom. The molecular formula is C12H10N2S. The van der Waals surface area contributed by atoms with E-state index in [-0.39, 0.29) is 0 Å². The summed E-state index contributed by atoms with van der Waals surface area (Å²) in [7, 11) is 0. The smallest absolute Gasteiger partial charge is 0.167 e. The van der Waals surface area contributed by atoms with Crippen molar-refractivity contribution in [1.29, 1.82) is 0 Å². The van der Waals surface area contributed by atoms with Crippen LogP contribution in [-0.4, -0.2) is 4.98 Å². The van der Waals surface area contributed by atoms with Crippen molar-refractivity contribution >= 4 is 17.0 Å². The SMILES string of the molecule is CC#Cc1nc(-c2ccc(N)cc2)cs1. The van der Waals surface area contributed by atoms with Crippen LogP contribution in [0.5, 0.6) is 0 Å². The van der Waals surface area contributed by atoms with Crippen molar-refractivity contribution in [3.63, 3.8) is 0 Å². The minimum Gasteiger partial charge on any atom is -0.399 e. The van der Waals surface area contributed by atoms with Crippen LogP contribution >= 0.6 is 11.3 Å². The fourth-order valence-electron chi connectivity index (χ4n) is 1.22. The Balaban J connectivity index is 2.35. The molecule has 3 heteroatoms. The van der Waals surface area contributed by atoms with Gasteiger partial charge in [0.25, 0.3) is 0 Å². The average molecular weight is 214 g/mol. The average Bonchev–Trinajstić information content (AvgIpc) is 2.68. The Morgan fingerprint density at radius 3 is 2.67 bits per heavy atom. The topological polar surface area (TPSA) is 38.9 Å². The number of rotatable bonds is 1. The van der Waals surface area contributed by atoms with Crippen LogP contribution < -0.4 is 5.73 Å². The molecule has 0 amide bonds. The van der Waals surface area contributed by atoms with Crippen LogP contribution in [-0.2, 0) is 0 Å². The molecule has 0 unspecified atom stereocenters. The van der Waals surface area contributed by atoms with E-state index in [9.17, 15) is 0 Å². The lowest BCUT2D eigenvalue weighted by atomic mass is 10.1. The summed E-state index contributed by atoms with van der Waals surface area (Å²) in [5.41, 5.74) is 8.41. The minimum atomic E-state index is 0.766. The first kappa shape index (κ1) is 9.75. The molecule has 0 saturated heterocycles. The Morgan fingerprint density at radius 2 is 2.00 bits per heavy atom. The van der Waals surface area contributed by atoms with Gasteiger partial charge in [0.1, 0.15) is 0 Å². The Kier molecular flexibility index (Phi) is 2.70. The first-order valence-corrected chi connectivity index (χ1v) is 5.42. The lowest BCUT2D eigenvalue weighted by Crippen LogP contribution is -1.84. The minimum absolute atomic E-state index is 0.766. The first-order valence-electron chi connectivity index (χ1n) is 4.54. The Hall–Kier alpha value is -1.79. The van der Waals surface area contributed by atoms with Crippen molar-refractivity contribution < 1.29 is 0 Å². The molecule has 0 bridgehead atoms. The number of hydrogen-bond acceptors (Lipinski definition) is 3. The van der Waals surface area contributed by atoms with Crippen molar-refractivity contribution in [2.24, 2.45) is 0 Å². The van der Waals surface area contributed by atoms with Crippen LogP contribution in [0.25, 0.3) is 11.3 Å². The van der Waals surface area contributed by atoms with E-state index in [1.807, 2.05) is 36.6 Å². The highest BCUT2D eigenvalue weighted by Gasteiger charge is 2.01. The zero-order valence-corrected chi connectivity index (χ0v) is 9.14. The van der Waals surface area contributed by atoms with E-state index in [1.54, 1.807) is 11.3 Å². The summed E-state index contributed by atoms with van der Waals surface area (Å²) in [5.74, 6) is 5.78. The predicted octanol–water partition coefficient (Wildman–Crippen LogP) is 2.76. The summed E-state index contributed by atoms with van der Waals surface area (Å²) in [6.45, 7) is 1.81. The molecule has 1 aromatic carbocycles. The molecule has 2 N–H and O–H groups in total. The van der Waals surface area contributed by atoms with Gasteiger partial charge >= 0.3 is 0 Å². The monoisotopic (exact) mass is 214 g/mol. The van der Waals surface area contributed by atoms with Crippen LogP contribution in [0.4, 0.5) is 5.69 Å². The van der Waals surface area contributed by atoms with Crippen molar-refractivity contribution in [1.82, 2.24) is 4.98 Å². The number of nitrogens with zero attached hydrogens (tertiary/aromatic N) is 1. The first-order chi connectivity index (χ1) is 7.29. The van der Waals surface area contributed by atoms with E-state index in [4.69, 9.17) is 5.73 Å². The van der Waals surface area contributed by atoms with Crippen LogP contribution in [0.2, 0.25) is 0 Å². The van der Waals surface area contributed by atoms with Gasteiger partial charge in [-0.15, -0.1) is 11.3 Å². The van der Waals surface area contributed by atoms with Gasteiger partial charge in [-0.3, -0.25) is 0 Å². The van der Waals surface area contributed by atoms with E-state index in [0.717, 1.165) is 22.0 Å².